The van der Waals surface area contributed by atoms with E-state index in [4.69, 9.17) is 4.74 Å². The fraction of sp³-hybridized carbons (Fsp3) is 0.967. The smallest absolute Gasteiger partial charge is 0.308 e. The molecule has 2 atom stereocenters. The molecule has 0 rings (SSSR count). The number of hydrogen-bond acceptors (Lipinski definition) is 2. The van der Waals surface area contributed by atoms with Crippen molar-refractivity contribution in [3.63, 3.8) is 0 Å². The Morgan fingerprint density at radius 1 is 0.531 bits per heavy atom. The van der Waals surface area contributed by atoms with Gasteiger partial charge in [-0.05, 0) is 25.2 Å². The van der Waals surface area contributed by atoms with Gasteiger partial charge in [0.25, 0.3) is 0 Å². The van der Waals surface area contributed by atoms with Crippen LogP contribution in [0.5, 0.6) is 0 Å². The molecule has 0 bridgehead atoms. The average Bonchev–Trinajstić information content (AvgIpc) is 2.80. The monoisotopic (exact) mass is 452 g/mol. The van der Waals surface area contributed by atoms with Gasteiger partial charge in [0, 0.05) is 0 Å². The molecule has 192 valence electrons. The zero-order valence-electron chi connectivity index (χ0n) is 22.7. The van der Waals surface area contributed by atoms with Crippen LogP contribution in [0, 0.1) is 11.8 Å². The van der Waals surface area contributed by atoms with E-state index in [-0.39, 0.29) is 11.9 Å². The Morgan fingerprint density at radius 2 is 0.906 bits per heavy atom. The first-order chi connectivity index (χ1) is 15.7. The molecule has 0 N–H and O–H groups in total. The standard InChI is InChI=1S/C30H60O2/c1-5-8-11-13-14-15-16-17-18-19-20-21-22-24-28(4)30(31)32-27-29(25-10-7-3)26-23-12-9-6-2/h28-29H,5-27H2,1-4H3. The fourth-order valence-corrected chi connectivity index (χ4v) is 4.59. The van der Waals surface area contributed by atoms with Crippen LogP contribution >= 0.6 is 0 Å². The summed E-state index contributed by atoms with van der Waals surface area (Å²) in [4.78, 5) is 12.4. The third-order valence-electron chi connectivity index (χ3n) is 7.04. The minimum absolute atomic E-state index is 0.0407. The highest BCUT2D eigenvalue weighted by atomic mass is 16.5. The fourth-order valence-electron chi connectivity index (χ4n) is 4.59. The summed E-state index contributed by atoms with van der Waals surface area (Å²) in [5.41, 5.74) is 0. The third-order valence-corrected chi connectivity index (χ3v) is 7.04. The molecule has 0 fully saturated rings. The molecule has 0 aromatic carbocycles. The highest BCUT2D eigenvalue weighted by Gasteiger charge is 2.17. The SMILES string of the molecule is CCCCCCCCCCCCCCCC(C)C(=O)OCC(CCCC)CCCCCC. The Kier molecular flexibility index (Phi) is 24.7. The highest BCUT2D eigenvalue weighted by molar-refractivity contribution is 5.71. The summed E-state index contributed by atoms with van der Waals surface area (Å²) in [6, 6.07) is 0. The maximum atomic E-state index is 12.4. The van der Waals surface area contributed by atoms with E-state index in [1.54, 1.807) is 0 Å². The highest BCUT2D eigenvalue weighted by Crippen LogP contribution is 2.20. The summed E-state index contributed by atoms with van der Waals surface area (Å²) >= 11 is 0. The first-order valence-corrected chi connectivity index (χ1v) is 14.8. The van der Waals surface area contributed by atoms with Crippen LogP contribution in [0.15, 0.2) is 0 Å². The molecule has 0 saturated carbocycles. The quantitative estimate of drug-likeness (QED) is 0.102. The molecule has 0 aliphatic heterocycles. The largest absolute Gasteiger partial charge is 0.465 e. The minimum Gasteiger partial charge on any atom is -0.465 e. The van der Waals surface area contributed by atoms with Crippen LogP contribution in [0.3, 0.4) is 0 Å². The number of hydrogen-bond donors (Lipinski definition) is 0. The van der Waals surface area contributed by atoms with Gasteiger partial charge in [-0.15, -0.1) is 0 Å². The average molecular weight is 453 g/mol. The van der Waals surface area contributed by atoms with Crippen LogP contribution in [-0.2, 0) is 9.53 Å². The van der Waals surface area contributed by atoms with Crippen LogP contribution < -0.4 is 0 Å². The zero-order valence-corrected chi connectivity index (χ0v) is 22.7. The van der Waals surface area contributed by atoms with Crippen molar-refractivity contribution < 1.29 is 9.53 Å². The van der Waals surface area contributed by atoms with Crippen LogP contribution in [-0.4, -0.2) is 12.6 Å². The lowest BCUT2D eigenvalue weighted by atomic mass is 9.96. The van der Waals surface area contributed by atoms with E-state index < -0.39 is 0 Å². The van der Waals surface area contributed by atoms with E-state index in [1.165, 1.54) is 135 Å². The van der Waals surface area contributed by atoms with Gasteiger partial charge in [0.15, 0.2) is 0 Å². The third kappa shape index (κ3) is 21.3. The van der Waals surface area contributed by atoms with Crippen LogP contribution in [0.1, 0.15) is 169 Å². The molecule has 0 aliphatic rings. The summed E-state index contributed by atoms with van der Waals surface area (Å²) < 4.78 is 5.75. The van der Waals surface area contributed by atoms with Gasteiger partial charge in [-0.3, -0.25) is 4.79 Å². The van der Waals surface area contributed by atoms with Crippen molar-refractivity contribution in [3.05, 3.63) is 0 Å². The molecule has 2 heteroatoms. The summed E-state index contributed by atoms with van der Waals surface area (Å²) in [7, 11) is 0. The van der Waals surface area contributed by atoms with Crippen LogP contribution in [0.2, 0.25) is 0 Å². The second kappa shape index (κ2) is 25.1. The molecule has 32 heavy (non-hydrogen) atoms. The number of esters is 1. The van der Waals surface area contributed by atoms with E-state index in [0.717, 1.165) is 6.42 Å². The number of rotatable bonds is 25. The second-order valence-electron chi connectivity index (χ2n) is 10.4. The molecule has 2 nitrogen and oxygen atoms in total. The van der Waals surface area contributed by atoms with E-state index in [1.807, 2.05) is 0 Å². The van der Waals surface area contributed by atoms with E-state index in [9.17, 15) is 4.79 Å². The number of unbranched alkanes of at least 4 members (excludes halogenated alkanes) is 16. The maximum Gasteiger partial charge on any atom is 0.308 e. The molecule has 0 spiro atoms. The van der Waals surface area contributed by atoms with Crippen molar-refractivity contribution >= 4 is 5.97 Å². The molecular formula is C30H60O2. The molecule has 0 amide bonds. The van der Waals surface area contributed by atoms with E-state index in [2.05, 4.69) is 27.7 Å². The Balaban J connectivity index is 3.67. The van der Waals surface area contributed by atoms with Gasteiger partial charge in [-0.1, -0.05) is 150 Å². The minimum atomic E-state index is 0.0407. The molecule has 0 radical (unpaired) electrons. The van der Waals surface area contributed by atoms with E-state index in [0.29, 0.717) is 12.5 Å². The lowest BCUT2D eigenvalue weighted by Gasteiger charge is -2.18. The normalized spacial score (nSPS) is 13.2. The molecule has 0 aliphatic carbocycles. The summed E-state index contributed by atoms with van der Waals surface area (Å²) in [6.07, 6.45) is 29.0. The van der Waals surface area contributed by atoms with Gasteiger partial charge in [-0.2, -0.15) is 0 Å². The molecule has 2 unspecified atom stereocenters. The van der Waals surface area contributed by atoms with Crippen molar-refractivity contribution in [2.75, 3.05) is 6.61 Å². The molecule has 0 saturated heterocycles. The first kappa shape index (κ1) is 31.5. The Labute approximate surface area is 203 Å². The van der Waals surface area contributed by atoms with Crippen molar-refractivity contribution in [3.8, 4) is 0 Å². The van der Waals surface area contributed by atoms with Crippen molar-refractivity contribution in [1.82, 2.24) is 0 Å². The Hall–Kier alpha value is -0.530. The Morgan fingerprint density at radius 3 is 1.41 bits per heavy atom. The summed E-state index contributed by atoms with van der Waals surface area (Å²) in [5, 5.41) is 0. The second-order valence-corrected chi connectivity index (χ2v) is 10.4. The van der Waals surface area contributed by atoms with Crippen LogP contribution in [0.4, 0.5) is 0 Å². The number of carbonyl (C=O) groups is 1. The molecule has 0 aromatic rings. The van der Waals surface area contributed by atoms with Gasteiger partial charge in [0.2, 0.25) is 0 Å². The van der Waals surface area contributed by atoms with E-state index >= 15 is 0 Å². The van der Waals surface area contributed by atoms with Crippen molar-refractivity contribution in [1.29, 1.82) is 0 Å². The summed E-state index contributed by atoms with van der Waals surface area (Å²) in [6.45, 7) is 9.50. The van der Waals surface area contributed by atoms with Crippen LogP contribution in [0.25, 0.3) is 0 Å². The van der Waals surface area contributed by atoms with Gasteiger partial charge in [0.1, 0.15) is 0 Å². The van der Waals surface area contributed by atoms with Gasteiger partial charge >= 0.3 is 5.97 Å². The molecular weight excluding hydrogens is 392 g/mol. The topological polar surface area (TPSA) is 26.3 Å². The maximum absolute atomic E-state index is 12.4. The molecule has 0 heterocycles. The lowest BCUT2D eigenvalue weighted by molar-refractivity contribution is -0.149. The summed E-state index contributed by atoms with van der Waals surface area (Å²) in [5.74, 6) is 0.674. The Bertz CT molecular complexity index is 379. The first-order valence-electron chi connectivity index (χ1n) is 14.8. The number of carbonyl (C=O) groups excluding carboxylic acids is 1. The predicted molar refractivity (Wildman–Crippen MR) is 142 cm³/mol. The van der Waals surface area contributed by atoms with Crippen molar-refractivity contribution in [2.24, 2.45) is 11.8 Å². The van der Waals surface area contributed by atoms with Crippen molar-refractivity contribution in [2.45, 2.75) is 169 Å². The molecule has 0 aromatic heterocycles. The number of ether oxygens (including phenoxy) is 1. The lowest BCUT2D eigenvalue weighted by Crippen LogP contribution is -2.19. The van der Waals surface area contributed by atoms with Gasteiger partial charge in [-0.25, -0.2) is 0 Å². The predicted octanol–water partition coefficient (Wildman–Crippen LogP) is 10.4. The van der Waals surface area contributed by atoms with Gasteiger partial charge in [0.05, 0.1) is 12.5 Å². The zero-order chi connectivity index (χ0) is 23.7. The van der Waals surface area contributed by atoms with Gasteiger partial charge < -0.3 is 4.74 Å².